The Balaban J connectivity index is 1.83. The van der Waals surface area contributed by atoms with Crippen LogP contribution in [0.3, 0.4) is 0 Å². The fraction of sp³-hybridized carbons (Fsp3) is 0.0909. The highest BCUT2D eigenvalue weighted by molar-refractivity contribution is 14.1. The Morgan fingerprint density at radius 2 is 1.96 bits per heavy atom. The molecule has 0 aliphatic carbocycles. The molecule has 1 heterocycles. The van der Waals surface area contributed by atoms with Crippen LogP contribution in [0.5, 0.6) is 5.75 Å². The van der Waals surface area contributed by atoms with Gasteiger partial charge >= 0.3 is 5.97 Å². The van der Waals surface area contributed by atoms with Crippen molar-refractivity contribution in [1.29, 1.82) is 0 Å². The first-order valence-corrected chi connectivity index (χ1v) is 9.66. The lowest BCUT2D eigenvalue weighted by Gasteiger charge is -2.10. The monoisotopic (exact) mass is 469 g/mol. The van der Waals surface area contributed by atoms with Crippen LogP contribution in [0.2, 0.25) is 0 Å². The maximum Gasteiger partial charge on any atom is 0.363 e. The smallest absolute Gasteiger partial charge is 0.363 e. The maximum absolute atomic E-state index is 12.4. The van der Waals surface area contributed by atoms with E-state index >= 15 is 0 Å². The Bertz CT molecular complexity index is 1100. The fourth-order valence-electron chi connectivity index (χ4n) is 3.00. The molecule has 0 N–H and O–H groups in total. The van der Waals surface area contributed by atoms with Crippen molar-refractivity contribution in [3.05, 3.63) is 81.1 Å². The zero-order valence-corrected chi connectivity index (χ0v) is 16.8. The molecule has 27 heavy (non-hydrogen) atoms. The molecule has 5 heteroatoms. The topological polar surface area (TPSA) is 47.9 Å². The highest BCUT2D eigenvalue weighted by Gasteiger charge is 2.25. The number of benzene rings is 3. The van der Waals surface area contributed by atoms with E-state index in [1.165, 1.54) is 0 Å². The van der Waals surface area contributed by atoms with E-state index in [0.717, 1.165) is 31.2 Å². The summed E-state index contributed by atoms with van der Waals surface area (Å²) in [6, 6.07) is 19.6. The largest absolute Gasteiger partial charge is 0.493 e. The molecule has 0 saturated heterocycles. The number of carbonyl (C=O) groups excluding carboxylic acids is 1. The second-order valence-electron chi connectivity index (χ2n) is 5.98. The average Bonchev–Trinajstić information content (AvgIpc) is 3.04. The normalized spacial score (nSPS) is 15.1. The van der Waals surface area contributed by atoms with Crippen LogP contribution in [0.1, 0.15) is 18.1 Å². The Morgan fingerprint density at radius 3 is 2.78 bits per heavy atom. The number of rotatable bonds is 4. The van der Waals surface area contributed by atoms with Gasteiger partial charge in [0.25, 0.3) is 0 Å². The van der Waals surface area contributed by atoms with Gasteiger partial charge in [-0.15, -0.1) is 0 Å². The van der Waals surface area contributed by atoms with E-state index in [1.54, 1.807) is 6.08 Å². The zero-order chi connectivity index (χ0) is 18.8. The SMILES string of the molecule is CCOc1ccc2ccccc2c1/C=C1\N=C(c2cccc(I)c2)OC1=O. The minimum absolute atomic E-state index is 0.265. The number of hydrogen-bond donors (Lipinski definition) is 0. The second kappa shape index (κ2) is 7.52. The predicted octanol–water partition coefficient (Wildman–Crippen LogP) is 5.19. The van der Waals surface area contributed by atoms with Crippen molar-refractivity contribution in [3.8, 4) is 5.75 Å². The molecule has 0 atom stereocenters. The van der Waals surface area contributed by atoms with Crippen molar-refractivity contribution in [2.75, 3.05) is 6.61 Å². The van der Waals surface area contributed by atoms with Crippen molar-refractivity contribution < 1.29 is 14.3 Å². The van der Waals surface area contributed by atoms with Crippen LogP contribution in [0.25, 0.3) is 16.8 Å². The summed E-state index contributed by atoms with van der Waals surface area (Å²) in [6.07, 6.45) is 1.75. The number of hydrogen-bond acceptors (Lipinski definition) is 4. The summed E-state index contributed by atoms with van der Waals surface area (Å²) in [5.41, 5.74) is 1.87. The maximum atomic E-state index is 12.4. The van der Waals surface area contributed by atoms with Crippen molar-refractivity contribution in [3.63, 3.8) is 0 Å². The lowest BCUT2D eigenvalue weighted by atomic mass is 10.0. The van der Waals surface area contributed by atoms with E-state index in [-0.39, 0.29) is 5.70 Å². The molecule has 1 aliphatic rings. The lowest BCUT2D eigenvalue weighted by molar-refractivity contribution is -0.129. The highest BCUT2D eigenvalue weighted by atomic mass is 127. The average molecular weight is 469 g/mol. The van der Waals surface area contributed by atoms with Crippen molar-refractivity contribution in [1.82, 2.24) is 0 Å². The van der Waals surface area contributed by atoms with Gasteiger partial charge in [0.05, 0.1) is 6.61 Å². The van der Waals surface area contributed by atoms with Crippen LogP contribution < -0.4 is 4.74 Å². The van der Waals surface area contributed by atoms with Gasteiger partial charge in [-0.25, -0.2) is 9.79 Å². The number of cyclic esters (lactones) is 1. The molecule has 4 rings (SSSR count). The molecule has 134 valence electrons. The third kappa shape index (κ3) is 3.60. The van der Waals surface area contributed by atoms with E-state index in [9.17, 15) is 4.79 Å². The summed E-state index contributed by atoms with van der Waals surface area (Å²) in [4.78, 5) is 16.8. The number of carbonyl (C=O) groups is 1. The van der Waals surface area contributed by atoms with Gasteiger partial charge in [0.2, 0.25) is 5.90 Å². The first-order valence-electron chi connectivity index (χ1n) is 8.59. The van der Waals surface area contributed by atoms with Crippen LogP contribution in [0, 0.1) is 3.57 Å². The molecular formula is C22H16INO3. The number of nitrogens with zero attached hydrogens (tertiary/aromatic N) is 1. The van der Waals surface area contributed by atoms with Gasteiger partial charge in [-0.3, -0.25) is 0 Å². The van der Waals surface area contributed by atoms with Crippen molar-refractivity contribution in [2.45, 2.75) is 6.92 Å². The van der Waals surface area contributed by atoms with Crippen LogP contribution in [-0.2, 0) is 9.53 Å². The number of esters is 1. The number of aliphatic imine (C=N–C) groups is 1. The van der Waals surface area contributed by atoms with E-state index < -0.39 is 5.97 Å². The third-order valence-corrected chi connectivity index (χ3v) is 4.87. The van der Waals surface area contributed by atoms with E-state index in [4.69, 9.17) is 9.47 Å². The molecule has 0 radical (unpaired) electrons. The van der Waals surface area contributed by atoms with Crippen LogP contribution in [0.15, 0.2) is 71.4 Å². The molecule has 0 aromatic heterocycles. The van der Waals surface area contributed by atoms with Crippen LogP contribution in [-0.4, -0.2) is 18.5 Å². The van der Waals surface area contributed by atoms with Crippen molar-refractivity contribution in [2.24, 2.45) is 4.99 Å². The molecular weight excluding hydrogens is 453 g/mol. The summed E-state index contributed by atoms with van der Waals surface area (Å²) < 4.78 is 12.2. The van der Waals surface area contributed by atoms with Gasteiger partial charge in [0, 0.05) is 14.7 Å². The minimum atomic E-state index is -0.459. The summed E-state index contributed by atoms with van der Waals surface area (Å²) >= 11 is 2.22. The summed E-state index contributed by atoms with van der Waals surface area (Å²) in [6.45, 7) is 2.47. The summed E-state index contributed by atoms with van der Waals surface area (Å²) in [5.74, 6) is 0.580. The van der Waals surface area contributed by atoms with Gasteiger partial charge in [0.1, 0.15) is 5.75 Å². The van der Waals surface area contributed by atoms with Crippen molar-refractivity contribution >= 4 is 51.3 Å². The number of halogens is 1. The fourth-order valence-corrected chi connectivity index (χ4v) is 3.54. The van der Waals surface area contributed by atoms with Crippen LogP contribution in [0.4, 0.5) is 0 Å². The first-order chi connectivity index (χ1) is 13.2. The molecule has 4 nitrogen and oxygen atoms in total. The number of fused-ring (bicyclic) bond motifs is 1. The molecule has 0 saturated carbocycles. The second-order valence-corrected chi connectivity index (χ2v) is 7.22. The minimum Gasteiger partial charge on any atom is -0.493 e. The van der Waals surface area contributed by atoms with E-state index in [1.807, 2.05) is 67.6 Å². The predicted molar refractivity (Wildman–Crippen MR) is 115 cm³/mol. The molecule has 3 aromatic rings. The molecule has 1 aliphatic heterocycles. The molecule has 0 spiro atoms. The third-order valence-electron chi connectivity index (χ3n) is 4.20. The van der Waals surface area contributed by atoms with Gasteiger partial charge in [-0.2, -0.15) is 0 Å². The Hall–Kier alpha value is -2.67. The van der Waals surface area contributed by atoms with Gasteiger partial charge < -0.3 is 9.47 Å². The molecule has 0 amide bonds. The Labute approximate surface area is 170 Å². The zero-order valence-electron chi connectivity index (χ0n) is 14.6. The van der Waals surface area contributed by atoms with E-state index in [2.05, 4.69) is 27.6 Å². The quantitative estimate of drug-likeness (QED) is 0.300. The Kier molecular flexibility index (Phi) is 4.94. The summed E-state index contributed by atoms with van der Waals surface area (Å²) in [5, 5.41) is 2.07. The summed E-state index contributed by atoms with van der Waals surface area (Å²) in [7, 11) is 0. The van der Waals surface area contributed by atoms with Gasteiger partial charge in [-0.1, -0.05) is 36.4 Å². The van der Waals surface area contributed by atoms with Gasteiger partial charge in [-0.05, 0) is 70.6 Å². The highest BCUT2D eigenvalue weighted by Crippen LogP contribution is 2.31. The standard InChI is InChI=1S/C22H16INO3/c1-2-26-20-11-10-14-6-3-4-9-17(14)18(20)13-19-22(25)27-21(24-19)15-7-5-8-16(23)12-15/h3-13H,2H2,1H3/b19-13-. The van der Waals surface area contributed by atoms with Crippen LogP contribution >= 0.6 is 22.6 Å². The molecule has 0 fully saturated rings. The molecule has 3 aromatic carbocycles. The first kappa shape index (κ1) is 17.7. The Morgan fingerprint density at radius 1 is 1.11 bits per heavy atom. The number of ether oxygens (including phenoxy) is 2. The van der Waals surface area contributed by atoms with E-state index in [0.29, 0.717) is 12.5 Å². The molecule has 0 unspecified atom stereocenters. The van der Waals surface area contributed by atoms with Gasteiger partial charge in [0.15, 0.2) is 5.70 Å². The lowest BCUT2D eigenvalue weighted by Crippen LogP contribution is -2.05. The molecule has 0 bridgehead atoms.